The molecule has 2 N–H and O–H groups in total. The zero-order valence-electron chi connectivity index (χ0n) is 18.0. The van der Waals surface area contributed by atoms with Gasteiger partial charge < -0.3 is 10.6 Å². The van der Waals surface area contributed by atoms with Crippen molar-refractivity contribution in [3.8, 4) is 22.8 Å². The van der Waals surface area contributed by atoms with Crippen molar-refractivity contribution in [3.63, 3.8) is 0 Å². The lowest BCUT2D eigenvalue weighted by atomic mass is 10.1. The lowest BCUT2D eigenvalue weighted by Crippen LogP contribution is -2.02. The number of nitrogens with zero attached hydrogens (tertiary/aromatic N) is 8. The van der Waals surface area contributed by atoms with Crippen molar-refractivity contribution < 1.29 is 0 Å². The Morgan fingerprint density at radius 1 is 0.758 bits per heavy atom. The second kappa shape index (κ2) is 8.79. The Bertz CT molecular complexity index is 1390. The van der Waals surface area contributed by atoms with E-state index < -0.39 is 0 Å². The summed E-state index contributed by atoms with van der Waals surface area (Å²) in [5.41, 5.74) is 4.28. The maximum atomic E-state index is 4.55. The van der Waals surface area contributed by atoms with Crippen molar-refractivity contribution in [1.29, 1.82) is 0 Å². The van der Waals surface area contributed by atoms with Crippen molar-refractivity contribution in [1.82, 2.24) is 39.9 Å². The fraction of sp³-hybridized carbons (Fsp3) is 0.0870. The van der Waals surface area contributed by atoms with Crippen LogP contribution in [-0.2, 0) is 7.05 Å². The monoisotopic (exact) mass is 436 g/mol. The molecule has 0 aliphatic rings. The van der Waals surface area contributed by atoms with Gasteiger partial charge in [0.15, 0.2) is 5.82 Å². The van der Waals surface area contributed by atoms with Gasteiger partial charge in [0.25, 0.3) is 0 Å². The third-order valence-corrected chi connectivity index (χ3v) is 4.72. The summed E-state index contributed by atoms with van der Waals surface area (Å²) in [5.74, 6) is 2.22. The summed E-state index contributed by atoms with van der Waals surface area (Å²) in [4.78, 5) is 22.2. The molecule has 5 rings (SSSR count). The Balaban J connectivity index is 1.30. The highest BCUT2D eigenvalue weighted by Crippen LogP contribution is 2.22. The molecule has 0 aliphatic carbocycles. The van der Waals surface area contributed by atoms with E-state index in [9.17, 15) is 0 Å². The van der Waals surface area contributed by atoms with E-state index in [4.69, 9.17) is 0 Å². The summed E-state index contributed by atoms with van der Waals surface area (Å²) in [6, 6.07) is 17.1. The third-order valence-electron chi connectivity index (χ3n) is 4.72. The van der Waals surface area contributed by atoms with Crippen LogP contribution in [0.3, 0.4) is 0 Å². The van der Waals surface area contributed by atoms with Crippen molar-refractivity contribution in [3.05, 3.63) is 78.9 Å². The summed E-state index contributed by atoms with van der Waals surface area (Å²) in [6.45, 7) is 1.93. The normalized spacial score (nSPS) is 10.7. The Morgan fingerprint density at radius 2 is 1.55 bits per heavy atom. The van der Waals surface area contributed by atoms with Crippen LogP contribution in [-0.4, -0.2) is 39.9 Å². The van der Waals surface area contributed by atoms with Gasteiger partial charge in [-0.1, -0.05) is 23.4 Å². The molecule has 162 valence electrons. The molecule has 1 aromatic carbocycles. The fourth-order valence-corrected chi connectivity index (χ4v) is 3.17. The molecule has 0 saturated carbocycles. The topological polar surface area (TPSA) is 119 Å². The molecule has 5 aromatic rings. The second-order valence-corrected chi connectivity index (χ2v) is 7.30. The van der Waals surface area contributed by atoms with Crippen LogP contribution in [0, 0.1) is 6.92 Å². The van der Waals surface area contributed by atoms with Crippen LogP contribution in [0.4, 0.5) is 23.3 Å². The molecule has 0 spiro atoms. The van der Waals surface area contributed by atoms with Gasteiger partial charge in [-0.3, -0.25) is 4.68 Å². The molecule has 10 heteroatoms. The molecule has 0 atom stereocenters. The molecule has 0 amide bonds. The Hall–Kier alpha value is -4.73. The minimum atomic E-state index is 0.460. The smallest absolute Gasteiger partial charge is 0.229 e. The Kier molecular flexibility index (Phi) is 5.38. The molecule has 10 nitrogen and oxygen atoms in total. The summed E-state index contributed by atoms with van der Waals surface area (Å²) >= 11 is 0. The average Bonchev–Trinajstić information content (AvgIpc) is 3.26. The third kappa shape index (κ3) is 4.79. The lowest BCUT2D eigenvalue weighted by molar-refractivity contribution is 0.715. The number of aryl methyl sites for hydroxylation is 2. The van der Waals surface area contributed by atoms with Gasteiger partial charge in [0, 0.05) is 36.4 Å². The van der Waals surface area contributed by atoms with Gasteiger partial charge in [0.1, 0.15) is 23.0 Å². The van der Waals surface area contributed by atoms with Crippen LogP contribution in [0.1, 0.15) is 5.69 Å². The van der Waals surface area contributed by atoms with E-state index in [1.165, 1.54) is 0 Å². The predicted molar refractivity (Wildman–Crippen MR) is 125 cm³/mol. The summed E-state index contributed by atoms with van der Waals surface area (Å²) < 4.78 is 1.67. The molecule has 0 aliphatic heterocycles. The van der Waals surface area contributed by atoms with Crippen LogP contribution in [0.2, 0.25) is 0 Å². The molecule has 0 bridgehead atoms. The van der Waals surface area contributed by atoms with Crippen LogP contribution in [0.15, 0.2) is 73.2 Å². The van der Waals surface area contributed by atoms with E-state index in [0.29, 0.717) is 29.1 Å². The summed E-state index contributed by atoms with van der Waals surface area (Å²) in [5, 5.41) is 14.5. The van der Waals surface area contributed by atoms with E-state index in [1.54, 1.807) is 29.2 Å². The Morgan fingerprint density at radius 3 is 2.30 bits per heavy atom. The van der Waals surface area contributed by atoms with E-state index >= 15 is 0 Å². The minimum absolute atomic E-state index is 0.460. The predicted octanol–water partition coefficient (Wildman–Crippen LogP) is 3.92. The van der Waals surface area contributed by atoms with Gasteiger partial charge in [0.2, 0.25) is 5.95 Å². The van der Waals surface area contributed by atoms with Crippen molar-refractivity contribution >= 4 is 23.3 Å². The van der Waals surface area contributed by atoms with E-state index in [0.717, 1.165) is 22.6 Å². The minimum Gasteiger partial charge on any atom is -0.325 e. The number of pyridine rings is 1. The van der Waals surface area contributed by atoms with E-state index in [2.05, 4.69) is 45.9 Å². The van der Waals surface area contributed by atoms with Crippen LogP contribution >= 0.6 is 0 Å². The number of aromatic nitrogens is 8. The van der Waals surface area contributed by atoms with Crippen LogP contribution < -0.4 is 10.6 Å². The van der Waals surface area contributed by atoms with Crippen LogP contribution in [0.5, 0.6) is 0 Å². The molecular formula is C23H20N10. The van der Waals surface area contributed by atoms with Crippen molar-refractivity contribution in [2.45, 2.75) is 6.92 Å². The van der Waals surface area contributed by atoms with Gasteiger partial charge in [-0.05, 0) is 43.3 Å². The molecule has 4 aromatic heterocycles. The van der Waals surface area contributed by atoms with E-state index in [-0.39, 0.29) is 0 Å². The molecule has 4 heterocycles. The summed E-state index contributed by atoms with van der Waals surface area (Å²) in [6.07, 6.45) is 5.23. The maximum Gasteiger partial charge on any atom is 0.229 e. The molecule has 0 unspecified atom stereocenters. The van der Waals surface area contributed by atoms with Gasteiger partial charge in [-0.2, -0.15) is 4.98 Å². The first-order chi connectivity index (χ1) is 16.1. The lowest BCUT2D eigenvalue weighted by Gasteiger charge is -2.09. The van der Waals surface area contributed by atoms with Gasteiger partial charge >= 0.3 is 0 Å². The molecular weight excluding hydrogens is 416 g/mol. The number of rotatable bonds is 6. The Labute approximate surface area is 189 Å². The average molecular weight is 436 g/mol. The van der Waals surface area contributed by atoms with Gasteiger partial charge in [0.05, 0.1) is 6.20 Å². The number of benzene rings is 1. The van der Waals surface area contributed by atoms with Crippen molar-refractivity contribution in [2.75, 3.05) is 10.6 Å². The zero-order valence-corrected chi connectivity index (χ0v) is 18.0. The number of hydrogen-bond acceptors (Lipinski definition) is 9. The number of hydrogen-bond donors (Lipinski definition) is 2. The zero-order chi connectivity index (χ0) is 22.6. The first kappa shape index (κ1) is 20.2. The van der Waals surface area contributed by atoms with Gasteiger partial charge in [-0.15, -0.1) is 5.10 Å². The second-order valence-electron chi connectivity index (χ2n) is 7.30. The first-order valence-corrected chi connectivity index (χ1v) is 10.2. The molecule has 0 fully saturated rings. The quantitative estimate of drug-likeness (QED) is 0.408. The largest absolute Gasteiger partial charge is 0.325 e. The highest BCUT2D eigenvalue weighted by atomic mass is 15.4. The summed E-state index contributed by atoms with van der Waals surface area (Å²) in [7, 11) is 1.84. The SMILES string of the molecule is Cc1cccc(-c2nccc(Nc3ccnc(Nc4ccc(-c5cn(C)nn5)cc4)n3)n2)n1. The number of nitrogens with one attached hydrogen (secondary N) is 2. The van der Waals surface area contributed by atoms with Crippen molar-refractivity contribution in [2.24, 2.45) is 7.05 Å². The number of anilines is 4. The maximum absolute atomic E-state index is 4.55. The highest BCUT2D eigenvalue weighted by molar-refractivity contribution is 5.64. The standard InChI is InChI=1S/C23H20N10/c1-15-4-3-5-18(26-15)22-24-12-10-20(29-22)28-21-11-13-25-23(30-21)27-17-8-6-16(7-9-17)19-14-33(2)32-31-19/h3-14H,1-2H3,(H2,24,25,27,28,29,30). The highest BCUT2D eigenvalue weighted by Gasteiger charge is 2.07. The van der Waals surface area contributed by atoms with Gasteiger partial charge in [-0.25, -0.2) is 19.9 Å². The van der Waals surface area contributed by atoms with Crippen LogP contribution in [0.25, 0.3) is 22.8 Å². The first-order valence-electron chi connectivity index (χ1n) is 10.2. The van der Waals surface area contributed by atoms with E-state index in [1.807, 2.05) is 62.6 Å². The molecule has 0 radical (unpaired) electrons. The molecule has 33 heavy (non-hydrogen) atoms. The fourth-order valence-electron chi connectivity index (χ4n) is 3.17. The molecule has 0 saturated heterocycles.